The smallest absolute Gasteiger partial charge is 0.307 e. The fourth-order valence-corrected chi connectivity index (χ4v) is 1.34. The lowest BCUT2D eigenvalue weighted by atomic mass is 10.0. The number of halogens is 3. The average Bonchev–Trinajstić information content (AvgIpc) is 2.22. The summed E-state index contributed by atoms with van der Waals surface area (Å²) in [5.41, 5.74) is 5.92. The van der Waals surface area contributed by atoms with Crippen LogP contribution < -0.4 is 5.73 Å². The largest absolute Gasteiger partial charge is 0.469 e. The van der Waals surface area contributed by atoms with Crippen LogP contribution in [0.5, 0.6) is 0 Å². The summed E-state index contributed by atoms with van der Waals surface area (Å²) in [6, 6.07) is 2.73. The van der Waals surface area contributed by atoms with E-state index in [-0.39, 0.29) is 30.8 Å². The Bertz CT molecular complexity index is 388. The van der Waals surface area contributed by atoms with Crippen LogP contribution in [0.3, 0.4) is 0 Å². The van der Waals surface area contributed by atoms with Crippen molar-refractivity contribution in [1.29, 1.82) is 0 Å². The molecule has 0 amide bonds. The van der Waals surface area contributed by atoms with Crippen LogP contribution in [0, 0.1) is 11.6 Å². The second-order valence-corrected chi connectivity index (χ2v) is 3.48. The lowest BCUT2D eigenvalue weighted by Crippen LogP contribution is -2.27. The summed E-state index contributed by atoms with van der Waals surface area (Å²) in [5.74, 6) is -1.74. The van der Waals surface area contributed by atoms with Crippen LogP contribution in [0.2, 0.25) is 0 Å². The van der Waals surface area contributed by atoms with Gasteiger partial charge in [-0.15, -0.1) is 12.4 Å². The van der Waals surface area contributed by atoms with Gasteiger partial charge in [-0.3, -0.25) is 4.79 Å². The minimum absolute atomic E-state index is 0. The molecule has 0 bridgehead atoms. The van der Waals surface area contributed by atoms with E-state index in [2.05, 4.69) is 4.74 Å². The van der Waals surface area contributed by atoms with Gasteiger partial charge in [0.25, 0.3) is 0 Å². The molecule has 0 saturated heterocycles. The highest BCUT2D eigenvalue weighted by Crippen LogP contribution is 2.12. The third-order valence-electron chi connectivity index (χ3n) is 2.15. The summed E-state index contributed by atoms with van der Waals surface area (Å²) in [6.45, 7) is 0. The SMILES string of the molecule is COC(=O)CC(N)Cc1ccc(F)cc1F.Cl. The number of carbonyl (C=O) groups is 1. The van der Waals surface area contributed by atoms with Crippen molar-refractivity contribution >= 4 is 18.4 Å². The van der Waals surface area contributed by atoms with E-state index in [1.807, 2.05) is 0 Å². The van der Waals surface area contributed by atoms with Crippen LogP contribution in [0.1, 0.15) is 12.0 Å². The molecule has 0 aliphatic carbocycles. The van der Waals surface area contributed by atoms with Gasteiger partial charge in [-0.05, 0) is 18.1 Å². The number of nitrogens with two attached hydrogens (primary N) is 1. The van der Waals surface area contributed by atoms with Gasteiger partial charge in [-0.1, -0.05) is 6.07 Å². The molecule has 96 valence electrons. The second kappa shape index (κ2) is 7.19. The van der Waals surface area contributed by atoms with Gasteiger partial charge in [0.15, 0.2) is 0 Å². The molecule has 0 spiro atoms. The third kappa shape index (κ3) is 5.10. The Morgan fingerprint density at radius 3 is 2.65 bits per heavy atom. The Kier molecular flexibility index (Phi) is 6.68. The predicted molar refractivity (Wildman–Crippen MR) is 61.9 cm³/mol. The van der Waals surface area contributed by atoms with Crippen LogP contribution in [-0.4, -0.2) is 19.1 Å². The van der Waals surface area contributed by atoms with Crippen molar-refractivity contribution < 1.29 is 18.3 Å². The summed E-state index contributed by atoms with van der Waals surface area (Å²) in [4.78, 5) is 10.9. The van der Waals surface area contributed by atoms with E-state index >= 15 is 0 Å². The summed E-state index contributed by atoms with van der Waals surface area (Å²) in [7, 11) is 1.26. The number of rotatable bonds is 4. The molecule has 17 heavy (non-hydrogen) atoms. The predicted octanol–water partition coefficient (Wildman–Crippen LogP) is 1.82. The van der Waals surface area contributed by atoms with Gasteiger partial charge in [-0.25, -0.2) is 8.78 Å². The monoisotopic (exact) mass is 265 g/mol. The molecule has 6 heteroatoms. The highest BCUT2D eigenvalue weighted by molar-refractivity contribution is 5.85. The van der Waals surface area contributed by atoms with Gasteiger partial charge < -0.3 is 10.5 Å². The van der Waals surface area contributed by atoms with Crippen LogP contribution in [0.15, 0.2) is 18.2 Å². The van der Waals surface area contributed by atoms with Gasteiger partial charge in [0, 0.05) is 12.1 Å². The first-order chi connectivity index (χ1) is 7.52. The molecule has 1 atom stereocenters. The maximum atomic E-state index is 13.2. The molecular formula is C11H14ClF2NO2. The zero-order chi connectivity index (χ0) is 12.1. The number of hydrogen-bond acceptors (Lipinski definition) is 3. The van der Waals surface area contributed by atoms with Gasteiger partial charge in [0.2, 0.25) is 0 Å². The van der Waals surface area contributed by atoms with Crippen LogP contribution in [-0.2, 0) is 16.0 Å². The molecule has 0 fully saturated rings. The number of methoxy groups -OCH3 is 1. The van der Waals surface area contributed by atoms with Crippen molar-refractivity contribution in [3.05, 3.63) is 35.4 Å². The molecule has 0 aliphatic heterocycles. The van der Waals surface area contributed by atoms with Crippen molar-refractivity contribution in [3.8, 4) is 0 Å². The van der Waals surface area contributed by atoms with Crippen molar-refractivity contribution in [1.82, 2.24) is 0 Å². The summed E-state index contributed by atoms with van der Waals surface area (Å²) < 4.78 is 30.3. The Morgan fingerprint density at radius 2 is 2.12 bits per heavy atom. The van der Waals surface area contributed by atoms with Gasteiger partial charge in [-0.2, -0.15) is 0 Å². The molecule has 1 aromatic carbocycles. The third-order valence-corrected chi connectivity index (χ3v) is 2.15. The standard InChI is InChI=1S/C11H13F2NO2.ClH/c1-16-11(15)6-9(14)4-7-2-3-8(12)5-10(7)13;/h2-3,5,9H,4,6,14H2,1H3;1H. The Balaban J connectivity index is 0.00000256. The number of benzene rings is 1. The lowest BCUT2D eigenvalue weighted by molar-refractivity contribution is -0.140. The Labute approximate surface area is 104 Å². The first kappa shape index (κ1) is 15.8. The second-order valence-electron chi connectivity index (χ2n) is 3.48. The van der Waals surface area contributed by atoms with Crippen molar-refractivity contribution in [2.24, 2.45) is 5.73 Å². The molecule has 1 rings (SSSR count). The summed E-state index contributed by atoms with van der Waals surface area (Å²) in [6.07, 6.45) is 0.175. The van der Waals surface area contributed by atoms with Crippen molar-refractivity contribution in [3.63, 3.8) is 0 Å². The summed E-state index contributed by atoms with van der Waals surface area (Å²) >= 11 is 0. The zero-order valence-electron chi connectivity index (χ0n) is 9.28. The van der Waals surface area contributed by atoms with Gasteiger partial charge >= 0.3 is 5.97 Å². The van der Waals surface area contributed by atoms with Crippen LogP contribution in [0.25, 0.3) is 0 Å². The van der Waals surface area contributed by atoms with E-state index in [0.29, 0.717) is 0 Å². The minimum Gasteiger partial charge on any atom is -0.469 e. The topological polar surface area (TPSA) is 52.3 Å². The van der Waals surface area contributed by atoms with E-state index in [9.17, 15) is 13.6 Å². The summed E-state index contributed by atoms with van der Waals surface area (Å²) in [5, 5.41) is 0. The lowest BCUT2D eigenvalue weighted by Gasteiger charge is -2.10. The molecule has 0 aliphatic rings. The molecular weight excluding hydrogens is 252 g/mol. The normalized spacial score (nSPS) is 11.5. The molecule has 0 radical (unpaired) electrons. The highest BCUT2D eigenvalue weighted by atomic mass is 35.5. The van der Waals surface area contributed by atoms with E-state index in [1.54, 1.807) is 0 Å². The Hall–Kier alpha value is -1.20. The van der Waals surface area contributed by atoms with Crippen molar-refractivity contribution in [2.75, 3.05) is 7.11 Å². The van der Waals surface area contributed by atoms with Crippen molar-refractivity contribution in [2.45, 2.75) is 18.9 Å². The number of ether oxygens (including phenoxy) is 1. The molecule has 0 saturated carbocycles. The Morgan fingerprint density at radius 1 is 1.47 bits per heavy atom. The highest BCUT2D eigenvalue weighted by Gasteiger charge is 2.13. The maximum absolute atomic E-state index is 13.2. The molecule has 0 aromatic heterocycles. The fraction of sp³-hybridized carbons (Fsp3) is 0.364. The van der Waals surface area contributed by atoms with E-state index in [1.165, 1.54) is 13.2 Å². The first-order valence-electron chi connectivity index (χ1n) is 4.79. The number of hydrogen-bond donors (Lipinski definition) is 1. The minimum atomic E-state index is -0.652. The van der Waals surface area contributed by atoms with E-state index in [0.717, 1.165) is 12.1 Å². The number of carbonyl (C=O) groups excluding carboxylic acids is 1. The molecule has 0 heterocycles. The van der Waals surface area contributed by atoms with Crippen LogP contribution >= 0.6 is 12.4 Å². The van der Waals surface area contributed by atoms with Crippen LogP contribution in [0.4, 0.5) is 8.78 Å². The molecule has 3 nitrogen and oxygen atoms in total. The van der Waals surface area contributed by atoms with Gasteiger partial charge in [0.1, 0.15) is 11.6 Å². The zero-order valence-corrected chi connectivity index (χ0v) is 10.1. The maximum Gasteiger partial charge on any atom is 0.307 e. The van der Waals surface area contributed by atoms with Gasteiger partial charge in [0.05, 0.1) is 13.5 Å². The first-order valence-corrected chi connectivity index (χ1v) is 4.79. The van der Waals surface area contributed by atoms with E-state index < -0.39 is 23.6 Å². The number of esters is 1. The molecule has 1 unspecified atom stereocenters. The fourth-order valence-electron chi connectivity index (χ4n) is 1.34. The van der Waals surface area contributed by atoms with E-state index in [4.69, 9.17) is 5.73 Å². The molecule has 1 aromatic rings. The average molecular weight is 266 g/mol. The molecule has 2 N–H and O–H groups in total. The quantitative estimate of drug-likeness (QED) is 0.845.